The van der Waals surface area contributed by atoms with Gasteiger partial charge in [0.05, 0.1) is 12.1 Å². The Balaban J connectivity index is 3.35. The minimum atomic E-state index is -0.969. The summed E-state index contributed by atoms with van der Waals surface area (Å²) in [6.45, 7) is 1.36. The number of allylic oxidation sites excluding steroid dienone is 3. The molecule has 0 aromatic carbocycles. The van der Waals surface area contributed by atoms with Gasteiger partial charge in [-0.1, -0.05) is 23.2 Å². The van der Waals surface area contributed by atoms with Gasteiger partial charge in [0.2, 0.25) is 11.6 Å². The van der Waals surface area contributed by atoms with Gasteiger partial charge in [0.1, 0.15) is 10.6 Å². The lowest BCUT2D eigenvalue weighted by molar-refractivity contribution is -0.137. The first-order valence-corrected chi connectivity index (χ1v) is 4.61. The third-order valence-corrected chi connectivity index (χ3v) is 2.72. The fourth-order valence-corrected chi connectivity index (χ4v) is 1.53. The first kappa shape index (κ1) is 11.9. The van der Waals surface area contributed by atoms with Gasteiger partial charge in [0, 0.05) is 5.57 Å². The van der Waals surface area contributed by atoms with Gasteiger partial charge in [-0.25, -0.2) is 4.79 Å². The molecule has 1 aliphatic carbocycles. The van der Waals surface area contributed by atoms with Crippen molar-refractivity contribution in [1.29, 1.82) is 0 Å². The van der Waals surface area contributed by atoms with Crippen LogP contribution < -0.4 is 0 Å². The van der Waals surface area contributed by atoms with E-state index in [1.165, 1.54) is 6.92 Å². The number of Topliss-reactive ketones (excluding diaryl/α,β-unsaturated/α-hetero) is 2. The van der Waals surface area contributed by atoms with Crippen LogP contribution in [-0.2, 0) is 19.1 Å². The van der Waals surface area contributed by atoms with Crippen molar-refractivity contribution in [2.75, 3.05) is 7.11 Å². The molecule has 0 N–H and O–H groups in total. The van der Waals surface area contributed by atoms with Crippen LogP contribution in [0.3, 0.4) is 0 Å². The molecule has 0 heterocycles. The van der Waals surface area contributed by atoms with Crippen LogP contribution >= 0.6 is 23.2 Å². The summed E-state index contributed by atoms with van der Waals surface area (Å²) in [5.74, 6) is -2.39. The van der Waals surface area contributed by atoms with Crippen molar-refractivity contribution in [3.05, 3.63) is 21.2 Å². The highest BCUT2D eigenvalue weighted by Crippen LogP contribution is 2.29. The Bertz CT molecular complexity index is 431. The van der Waals surface area contributed by atoms with Crippen LogP contribution in [0.4, 0.5) is 0 Å². The van der Waals surface area contributed by atoms with E-state index in [1.54, 1.807) is 0 Å². The summed E-state index contributed by atoms with van der Waals surface area (Å²) in [7, 11) is 1.08. The molecular weight excluding hydrogens is 243 g/mol. The van der Waals surface area contributed by atoms with E-state index in [2.05, 4.69) is 4.74 Å². The van der Waals surface area contributed by atoms with Gasteiger partial charge < -0.3 is 4.74 Å². The Kier molecular flexibility index (Phi) is 3.31. The van der Waals surface area contributed by atoms with Gasteiger partial charge in [0.15, 0.2) is 0 Å². The summed E-state index contributed by atoms with van der Waals surface area (Å²) in [5, 5.41) is -0.751. The maximum absolute atomic E-state index is 11.5. The summed E-state index contributed by atoms with van der Waals surface area (Å²) in [5.41, 5.74) is -0.487. The summed E-state index contributed by atoms with van der Waals surface area (Å²) >= 11 is 11.2. The van der Waals surface area contributed by atoms with Gasteiger partial charge in [-0.3, -0.25) is 9.59 Å². The van der Waals surface area contributed by atoms with E-state index in [0.29, 0.717) is 0 Å². The molecule has 4 nitrogen and oxygen atoms in total. The number of esters is 1. The van der Waals surface area contributed by atoms with E-state index in [9.17, 15) is 14.4 Å². The van der Waals surface area contributed by atoms with Crippen LogP contribution in [0.15, 0.2) is 21.2 Å². The number of halogens is 2. The Labute approximate surface area is 95.5 Å². The van der Waals surface area contributed by atoms with Crippen LogP contribution in [0.1, 0.15) is 6.92 Å². The van der Waals surface area contributed by atoms with E-state index >= 15 is 0 Å². The topological polar surface area (TPSA) is 60.4 Å². The third kappa shape index (κ3) is 1.82. The van der Waals surface area contributed by atoms with E-state index in [4.69, 9.17) is 23.2 Å². The van der Waals surface area contributed by atoms with Crippen molar-refractivity contribution in [2.24, 2.45) is 0 Å². The zero-order chi connectivity index (χ0) is 11.7. The second-order valence-corrected chi connectivity index (χ2v) is 3.53. The fraction of sp³-hybridized carbons (Fsp3) is 0.222. The molecule has 1 aliphatic rings. The van der Waals surface area contributed by atoms with Crippen molar-refractivity contribution < 1.29 is 19.1 Å². The first-order valence-electron chi connectivity index (χ1n) is 3.85. The Hall–Kier alpha value is -1.13. The summed E-state index contributed by atoms with van der Waals surface area (Å²) < 4.78 is 4.33. The molecule has 0 atom stereocenters. The molecule has 1 rings (SSSR count). The highest BCUT2D eigenvalue weighted by molar-refractivity contribution is 6.59. The smallest absolute Gasteiger partial charge is 0.343 e. The van der Waals surface area contributed by atoms with E-state index < -0.39 is 28.1 Å². The molecule has 0 fully saturated rings. The van der Waals surface area contributed by atoms with Crippen molar-refractivity contribution in [3.63, 3.8) is 0 Å². The molecule has 0 saturated carbocycles. The molecule has 6 heteroatoms. The highest BCUT2D eigenvalue weighted by Gasteiger charge is 2.35. The quantitative estimate of drug-likeness (QED) is 0.399. The lowest BCUT2D eigenvalue weighted by Gasteiger charge is -2.13. The lowest BCUT2D eigenvalue weighted by Crippen LogP contribution is -2.24. The monoisotopic (exact) mass is 248 g/mol. The zero-order valence-electron chi connectivity index (χ0n) is 7.89. The predicted octanol–water partition coefficient (Wildman–Crippen LogP) is 1.32. The maximum Gasteiger partial charge on any atom is 0.343 e. The van der Waals surface area contributed by atoms with Gasteiger partial charge in [-0.05, 0) is 6.92 Å². The number of carbonyl (C=O) groups is 3. The average molecular weight is 249 g/mol. The number of rotatable bonds is 1. The second kappa shape index (κ2) is 4.16. The molecular formula is C9H6Cl2O4. The second-order valence-electron chi connectivity index (χ2n) is 2.78. The maximum atomic E-state index is 11.5. The average Bonchev–Trinajstić information content (AvgIpc) is 2.23. The molecule has 0 unspecified atom stereocenters. The van der Waals surface area contributed by atoms with Crippen LogP contribution in [-0.4, -0.2) is 24.6 Å². The molecule has 0 amide bonds. The minimum absolute atomic E-state index is 0.0271. The molecule has 0 aromatic rings. The molecule has 0 aliphatic heterocycles. The van der Waals surface area contributed by atoms with Crippen LogP contribution in [0.2, 0.25) is 0 Å². The standard InChI is InChI=1S/C9H6Cl2O4/c1-3-5(10)8(13)4(9(14)15-2)6(11)7(3)12/h1-2H3. The summed E-state index contributed by atoms with van der Waals surface area (Å²) in [4.78, 5) is 34.1. The fourth-order valence-electron chi connectivity index (χ4n) is 1.04. The van der Waals surface area contributed by atoms with E-state index in [-0.39, 0.29) is 10.6 Å². The molecule has 0 spiro atoms. The number of hydrogen-bond donors (Lipinski definition) is 0. The molecule has 0 aromatic heterocycles. The number of ether oxygens (including phenoxy) is 1. The first-order chi connectivity index (χ1) is 6.91. The molecule has 0 saturated heterocycles. The normalized spacial score (nSPS) is 17.3. The van der Waals surface area contributed by atoms with Crippen LogP contribution in [0.25, 0.3) is 0 Å². The lowest BCUT2D eigenvalue weighted by atomic mass is 9.97. The van der Waals surface area contributed by atoms with Crippen molar-refractivity contribution in [1.82, 2.24) is 0 Å². The van der Waals surface area contributed by atoms with E-state index in [0.717, 1.165) is 7.11 Å². The van der Waals surface area contributed by atoms with Gasteiger partial charge in [0.25, 0.3) is 0 Å². The molecule has 0 radical (unpaired) electrons. The molecule has 0 bridgehead atoms. The molecule has 15 heavy (non-hydrogen) atoms. The van der Waals surface area contributed by atoms with Crippen molar-refractivity contribution >= 4 is 40.7 Å². The van der Waals surface area contributed by atoms with E-state index in [1.807, 2.05) is 0 Å². The summed E-state index contributed by atoms with van der Waals surface area (Å²) in [6.07, 6.45) is 0. The Morgan fingerprint density at radius 2 is 1.67 bits per heavy atom. The van der Waals surface area contributed by atoms with Gasteiger partial charge in [-0.2, -0.15) is 0 Å². The van der Waals surface area contributed by atoms with Crippen molar-refractivity contribution in [2.45, 2.75) is 6.92 Å². The number of carbonyl (C=O) groups excluding carboxylic acids is 3. The minimum Gasteiger partial charge on any atom is -0.465 e. The van der Waals surface area contributed by atoms with Crippen LogP contribution in [0, 0.1) is 0 Å². The number of ketones is 2. The SMILES string of the molecule is COC(=O)C1=C(Cl)C(=O)C(C)=C(Cl)C1=O. The zero-order valence-corrected chi connectivity index (χ0v) is 9.40. The Morgan fingerprint density at radius 1 is 1.13 bits per heavy atom. The summed E-state index contributed by atoms with van der Waals surface area (Å²) in [6, 6.07) is 0. The predicted molar refractivity (Wildman–Crippen MR) is 53.5 cm³/mol. The van der Waals surface area contributed by atoms with Gasteiger partial charge >= 0.3 is 5.97 Å². The van der Waals surface area contributed by atoms with Crippen LogP contribution in [0.5, 0.6) is 0 Å². The molecule has 80 valence electrons. The number of hydrogen-bond acceptors (Lipinski definition) is 4. The van der Waals surface area contributed by atoms with Gasteiger partial charge in [-0.15, -0.1) is 0 Å². The third-order valence-electron chi connectivity index (χ3n) is 1.90. The number of methoxy groups -OCH3 is 1. The largest absolute Gasteiger partial charge is 0.465 e. The van der Waals surface area contributed by atoms with Crippen molar-refractivity contribution in [3.8, 4) is 0 Å². The Morgan fingerprint density at radius 3 is 2.13 bits per heavy atom. The highest BCUT2D eigenvalue weighted by atomic mass is 35.5.